The van der Waals surface area contributed by atoms with Crippen molar-refractivity contribution in [2.45, 2.75) is 31.0 Å². The number of aliphatic hydroxyl groups is 1. The fourth-order valence-electron chi connectivity index (χ4n) is 4.93. The molecule has 45 heavy (non-hydrogen) atoms. The highest BCUT2D eigenvalue weighted by molar-refractivity contribution is 6.01. The van der Waals surface area contributed by atoms with E-state index < -0.39 is 17.6 Å². The minimum atomic E-state index is -1.52. The Balaban J connectivity index is 1.67. The van der Waals surface area contributed by atoms with E-state index in [9.17, 15) is 10.3 Å². The Labute approximate surface area is 261 Å². The van der Waals surface area contributed by atoms with Crippen LogP contribution in [-0.2, 0) is 16.1 Å². The van der Waals surface area contributed by atoms with E-state index in [0.717, 1.165) is 5.56 Å². The van der Waals surface area contributed by atoms with E-state index >= 15 is 0 Å². The molecule has 0 spiro atoms. The third-order valence-corrected chi connectivity index (χ3v) is 7.08. The number of methoxy groups -OCH3 is 3. The molecule has 1 amide bonds. The van der Waals surface area contributed by atoms with Crippen molar-refractivity contribution in [2.75, 3.05) is 34.5 Å². The van der Waals surface area contributed by atoms with Crippen LogP contribution in [-0.4, -0.2) is 57.0 Å². The van der Waals surface area contributed by atoms with Crippen LogP contribution in [0.15, 0.2) is 83.4 Å². The smallest absolute Gasteiger partial charge is 0.266 e. The fraction of sp³-hybridized carbons (Fsp3) is 0.312. The first-order valence-corrected chi connectivity index (χ1v) is 14.1. The second kappa shape index (κ2) is 15.5. The van der Waals surface area contributed by atoms with Crippen LogP contribution in [0.1, 0.15) is 35.6 Å². The van der Waals surface area contributed by atoms with E-state index in [1.807, 2.05) is 0 Å². The summed E-state index contributed by atoms with van der Waals surface area (Å²) in [7, 11) is 4.57. The molecule has 0 aromatic heterocycles. The lowest BCUT2D eigenvalue weighted by Gasteiger charge is -2.30. The number of aliphatic hydroxyl groups excluding tert-OH is 1. The number of hydrazine groups is 1. The van der Waals surface area contributed by atoms with Gasteiger partial charge < -0.3 is 28.8 Å². The second-order valence-electron chi connectivity index (χ2n) is 9.87. The lowest BCUT2D eigenvalue weighted by Crippen LogP contribution is -2.52. The molecule has 3 aromatic carbocycles. The summed E-state index contributed by atoms with van der Waals surface area (Å²) in [5, 5.41) is 12.9. The van der Waals surface area contributed by atoms with Gasteiger partial charge in [-0.25, -0.2) is 10.4 Å². The Morgan fingerprint density at radius 2 is 1.84 bits per heavy atom. The van der Waals surface area contributed by atoms with Crippen LogP contribution in [0, 0.1) is 0 Å². The second-order valence-corrected chi connectivity index (χ2v) is 9.87. The maximum absolute atomic E-state index is 14.1. The van der Waals surface area contributed by atoms with Gasteiger partial charge in [-0.05, 0) is 47.5 Å². The zero-order valence-corrected chi connectivity index (χ0v) is 25.4. The highest BCUT2D eigenvalue weighted by atomic mass is 16.5. The van der Waals surface area contributed by atoms with Crippen molar-refractivity contribution in [3.8, 4) is 23.0 Å². The zero-order chi connectivity index (χ0) is 32.2. The lowest BCUT2D eigenvalue weighted by molar-refractivity contribution is -0.129. The van der Waals surface area contributed by atoms with Crippen molar-refractivity contribution in [1.82, 2.24) is 10.9 Å². The summed E-state index contributed by atoms with van der Waals surface area (Å²) in [4.78, 5) is 21.9. The number of amides is 1. The number of azide groups is 1. The summed E-state index contributed by atoms with van der Waals surface area (Å²) < 4.78 is 28.3. The third-order valence-electron chi connectivity index (χ3n) is 7.08. The molecule has 0 fully saturated rings. The van der Waals surface area contributed by atoms with Crippen LogP contribution in [0.2, 0.25) is 0 Å². The predicted molar refractivity (Wildman–Crippen MR) is 168 cm³/mol. The van der Waals surface area contributed by atoms with Gasteiger partial charge in [-0.2, -0.15) is 0 Å². The summed E-state index contributed by atoms with van der Waals surface area (Å²) in [6.07, 6.45) is 1.24. The molecule has 0 unspecified atom stereocenters. The molecule has 2 atom stereocenters. The van der Waals surface area contributed by atoms with Crippen molar-refractivity contribution < 1.29 is 33.6 Å². The number of hydrogen-bond acceptors (Lipinski definition) is 10. The first-order chi connectivity index (χ1) is 21.9. The van der Waals surface area contributed by atoms with E-state index in [4.69, 9.17) is 33.8 Å². The van der Waals surface area contributed by atoms with Crippen molar-refractivity contribution in [3.05, 3.63) is 100 Å². The first kappa shape index (κ1) is 32.7. The van der Waals surface area contributed by atoms with E-state index in [1.54, 1.807) is 66.7 Å². The van der Waals surface area contributed by atoms with Gasteiger partial charge in [0.2, 0.25) is 11.6 Å². The predicted octanol–water partition coefficient (Wildman–Crippen LogP) is 5.07. The molecule has 1 heterocycles. The number of benzene rings is 3. The van der Waals surface area contributed by atoms with Gasteiger partial charge in [-0.1, -0.05) is 35.5 Å². The number of rotatable bonds is 16. The van der Waals surface area contributed by atoms with Crippen molar-refractivity contribution in [2.24, 2.45) is 10.1 Å². The molecule has 1 aliphatic heterocycles. The lowest BCUT2D eigenvalue weighted by atomic mass is 9.84. The molecule has 13 heteroatoms. The average Bonchev–Trinajstić information content (AvgIpc) is 3.45. The van der Waals surface area contributed by atoms with Crippen LogP contribution in [0.3, 0.4) is 0 Å². The van der Waals surface area contributed by atoms with Crippen molar-refractivity contribution in [1.29, 1.82) is 0 Å². The molecule has 3 aromatic rings. The van der Waals surface area contributed by atoms with Crippen LogP contribution in [0.4, 0.5) is 5.69 Å². The summed E-state index contributed by atoms with van der Waals surface area (Å²) >= 11 is 0. The largest absolute Gasteiger partial charge is 0.494 e. The van der Waals surface area contributed by atoms with Crippen LogP contribution in [0.25, 0.3) is 10.4 Å². The van der Waals surface area contributed by atoms with Gasteiger partial charge in [-0.15, -0.1) is 6.58 Å². The van der Waals surface area contributed by atoms with Gasteiger partial charge in [0.1, 0.15) is 5.75 Å². The van der Waals surface area contributed by atoms with Gasteiger partial charge in [0.05, 0.1) is 27.9 Å². The van der Waals surface area contributed by atoms with Gasteiger partial charge in [0.25, 0.3) is 5.91 Å². The quantitative estimate of drug-likeness (QED) is 0.0500. The third kappa shape index (κ3) is 7.29. The molecule has 0 saturated carbocycles. The molecule has 13 nitrogen and oxygen atoms in total. The molecule has 0 bridgehead atoms. The van der Waals surface area contributed by atoms with E-state index in [1.165, 1.54) is 21.3 Å². The maximum Gasteiger partial charge on any atom is 0.266 e. The standard InChI is InChI=1S/C32H36N6O7/c1-5-15-32(31(40)37-34-20-21-18-26(41-2)28(43-4)27(19-21)42-3)29(24-9-6-7-10-25(24)36-38-33)45-30(35-32)22-11-13-23(14-12-22)44-17-8-16-39/h5-7,9-14,18-19,29,34,39H,1,8,15-17,20H2,2-4H3,(H,37,40)/t29-,32-/m0/s1. The van der Waals surface area contributed by atoms with Crippen LogP contribution >= 0.6 is 0 Å². The normalized spacial score (nSPS) is 16.9. The van der Waals surface area contributed by atoms with Gasteiger partial charge >= 0.3 is 0 Å². The van der Waals surface area contributed by atoms with Crippen LogP contribution in [0.5, 0.6) is 23.0 Å². The Morgan fingerprint density at radius 1 is 1.13 bits per heavy atom. The molecule has 236 valence electrons. The molecule has 3 N–H and O–H groups in total. The SMILES string of the molecule is C=CC[C@]1(C(=O)NNCc2cc(OC)c(OC)c(OC)c2)N=C(c2ccc(OCCCO)cc2)O[C@H]1c1ccccc1N=[N+]=[N-]. The van der Waals surface area contributed by atoms with Crippen molar-refractivity contribution in [3.63, 3.8) is 0 Å². The Hall–Kier alpha value is -5.23. The van der Waals surface area contributed by atoms with Gasteiger partial charge in [0.15, 0.2) is 23.1 Å². The number of hydrogen-bond donors (Lipinski definition) is 3. The van der Waals surface area contributed by atoms with E-state index in [2.05, 4.69) is 27.5 Å². The van der Waals surface area contributed by atoms with E-state index in [-0.39, 0.29) is 25.5 Å². The summed E-state index contributed by atoms with van der Waals surface area (Å²) in [5.41, 5.74) is 15.6. The molecule has 1 aliphatic rings. The number of nitrogens with zero attached hydrogens (tertiary/aromatic N) is 4. The molecule has 0 radical (unpaired) electrons. The number of ether oxygens (including phenoxy) is 5. The number of carbonyl (C=O) groups excluding carboxylic acids is 1. The summed E-state index contributed by atoms with van der Waals surface area (Å²) in [5.74, 6) is 1.74. The van der Waals surface area contributed by atoms with Gasteiger partial charge in [0, 0.05) is 47.7 Å². The minimum absolute atomic E-state index is 0.0340. The van der Waals surface area contributed by atoms with Crippen molar-refractivity contribution >= 4 is 17.5 Å². The van der Waals surface area contributed by atoms with Gasteiger partial charge in [-0.3, -0.25) is 10.2 Å². The Bertz CT molecular complexity index is 1550. The zero-order valence-electron chi connectivity index (χ0n) is 25.4. The number of nitrogens with one attached hydrogen (secondary N) is 2. The topological polar surface area (TPSA) is 169 Å². The Morgan fingerprint density at radius 3 is 2.47 bits per heavy atom. The summed E-state index contributed by atoms with van der Waals surface area (Å²) in [6, 6.07) is 17.5. The molecule has 0 aliphatic carbocycles. The molecular formula is C32H36N6O7. The Kier molecular flexibility index (Phi) is 11.2. The summed E-state index contributed by atoms with van der Waals surface area (Å²) in [6.45, 7) is 4.50. The molecule has 4 rings (SSSR count). The van der Waals surface area contributed by atoms with E-state index in [0.29, 0.717) is 52.8 Å². The van der Waals surface area contributed by atoms with Crippen LogP contribution < -0.4 is 29.8 Å². The molecular weight excluding hydrogens is 580 g/mol. The monoisotopic (exact) mass is 616 g/mol. The highest BCUT2D eigenvalue weighted by Crippen LogP contribution is 2.45. The maximum atomic E-state index is 14.1. The molecule has 0 saturated heterocycles. The average molecular weight is 617 g/mol. The first-order valence-electron chi connectivity index (χ1n) is 14.1. The minimum Gasteiger partial charge on any atom is -0.494 e. The number of aliphatic imine (C=N–C) groups is 1. The number of carbonyl (C=O) groups is 1. The fourth-order valence-corrected chi connectivity index (χ4v) is 4.93. The highest BCUT2D eigenvalue weighted by Gasteiger charge is 2.53.